The first-order chi connectivity index (χ1) is 9.18. The Balaban J connectivity index is 2.40. The van der Waals surface area contributed by atoms with Crippen molar-refractivity contribution in [3.05, 3.63) is 64.6 Å². The van der Waals surface area contributed by atoms with Gasteiger partial charge in [0.1, 0.15) is 11.4 Å². The van der Waals surface area contributed by atoms with Crippen molar-refractivity contribution in [3.63, 3.8) is 0 Å². The summed E-state index contributed by atoms with van der Waals surface area (Å²) in [6.45, 7) is 0. The summed E-state index contributed by atoms with van der Waals surface area (Å²) in [5, 5.41) is 10.2. The van der Waals surface area contributed by atoms with Crippen LogP contribution in [0.15, 0.2) is 57.7 Å². The van der Waals surface area contributed by atoms with Gasteiger partial charge >= 0.3 is 0 Å². The summed E-state index contributed by atoms with van der Waals surface area (Å²) in [5.41, 5.74) is -0.202. The fourth-order valence-corrected chi connectivity index (χ4v) is 1.96. The van der Waals surface area contributed by atoms with Gasteiger partial charge in [-0.2, -0.15) is 0 Å². The van der Waals surface area contributed by atoms with Crippen molar-refractivity contribution in [3.8, 4) is 17.1 Å². The van der Waals surface area contributed by atoms with Crippen molar-refractivity contribution in [1.82, 2.24) is 0 Å². The second-order valence-electron chi connectivity index (χ2n) is 4.08. The first kappa shape index (κ1) is 11.5. The van der Waals surface area contributed by atoms with E-state index in [-0.39, 0.29) is 16.7 Å². The van der Waals surface area contributed by atoms with Gasteiger partial charge in [0, 0.05) is 0 Å². The Bertz CT molecular complexity index is 821. The van der Waals surface area contributed by atoms with Gasteiger partial charge < -0.3 is 9.52 Å². The maximum atomic E-state index is 13.7. The van der Waals surface area contributed by atoms with Gasteiger partial charge in [0.2, 0.25) is 11.2 Å². The minimum atomic E-state index is -0.580. The highest BCUT2D eigenvalue weighted by molar-refractivity contribution is 5.81. The fraction of sp³-hybridized carbons (Fsp3) is 0. The molecular weight excluding hydrogens is 247 g/mol. The molecule has 0 aliphatic heterocycles. The molecular formula is C15H9FO3. The standard InChI is InChI=1S/C15H9FO3/c16-11-7-3-1-5-9(11)15-14(18)13(17)10-6-2-4-8-12(10)19-15/h1-8,18H. The maximum Gasteiger partial charge on any atom is 0.235 e. The van der Waals surface area contributed by atoms with E-state index < -0.39 is 17.0 Å². The quantitative estimate of drug-likeness (QED) is 0.726. The van der Waals surface area contributed by atoms with Crippen molar-refractivity contribution < 1.29 is 13.9 Å². The number of hydrogen-bond acceptors (Lipinski definition) is 3. The zero-order chi connectivity index (χ0) is 13.4. The van der Waals surface area contributed by atoms with Crippen molar-refractivity contribution in [2.24, 2.45) is 0 Å². The lowest BCUT2D eigenvalue weighted by atomic mass is 10.1. The molecule has 0 aliphatic carbocycles. The second-order valence-corrected chi connectivity index (χ2v) is 4.08. The molecule has 19 heavy (non-hydrogen) atoms. The van der Waals surface area contributed by atoms with Gasteiger partial charge in [0.05, 0.1) is 10.9 Å². The van der Waals surface area contributed by atoms with E-state index in [1.165, 1.54) is 18.2 Å². The van der Waals surface area contributed by atoms with Crippen molar-refractivity contribution >= 4 is 11.0 Å². The van der Waals surface area contributed by atoms with Crippen LogP contribution in [0.25, 0.3) is 22.3 Å². The first-order valence-electron chi connectivity index (χ1n) is 5.68. The highest BCUT2D eigenvalue weighted by Gasteiger charge is 2.17. The zero-order valence-corrected chi connectivity index (χ0v) is 9.76. The molecule has 0 fully saturated rings. The Labute approximate surface area is 107 Å². The van der Waals surface area contributed by atoms with E-state index in [1.54, 1.807) is 30.3 Å². The van der Waals surface area contributed by atoms with Crippen molar-refractivity contribution in [2.45, 2.75) is 0 Å². The molecule has 1 heterocycles. The van der Waals surface area contributed by atoms with Gasteiger partial charge in [-0.15, -0.1) is 0 Å². The van der Waals surface area contributed by atoms with E-state index in [9.17, 15) is 14.3 Å². The van der Waals surface area contributed by atoms with Crippen LogP contribution in [0.4, 0.5) is 4.39 Å². The van der Waals surface area contributed by atoms with Gasteiger partial charge in [-0.3, -0.25) is 4.79 Å². The average Bonchev–Trinajstić information content (AvgIpc) is 2.44. The monoisotopic (exact) mass is 256 g/mol. The molecule has 94 valence electrons. The third-order valence-electron chi connectivity index (χ3n) is 2.89. The number of hydrogen-bond donors (Lipinski definition) is 1. The van der Waals surface area contributed by atoms with Gasteiger partial charge in [0.25, 0.3) is 0 Å². The maximum absolute atomic E-state index is 13.7. The summed E-state index contributed by atoms with van der Waals surface area (Å²) >= 11 is 0. The molecule has 3 nitrogen and oxygen atoms in total. The minimum absolute atomic E-state index is 0.0582. The normalized spacial score (nSPS) is 10.8. The van der Waals surface area contributed by atoms with E-state index in [2.05, 4.69) is 0 Å². The molecule has 0 spiro atoms. The molecule has 0 radical (unpaired) electrons. The summed E-state index contributed by atoms with van der Waals surface area (Å²) in [6, 6.07) is 12.3. The number of para-hydroxylation sites is 1. The molecule has 0 bridgehead atoms. The number of fused-ring (bicyclic) bond motifs is 1. The van der Waals surface area contributed by atoms with Gasteiger partial charge in [0.15, 0.2) is 5.76 Å². The third-order valence-corrected chi connectivity index (χ3v) is 2.89. The first-order valence-corrected chi connectivity index (χ1v) is 5.68. The van der Waals surface area contributed by atoms with Crippen LogP contribution in [0.2, 0.25) is 0 Å². The molecule has 0 saturated heterocycles. The summed E-state index contributed by atoms with van der Waals surface area (Å²) in [7, 11) is 0. The van der Waals surface area contributed by atoms with Crippen LogP contribution in [-0.2, 0) is 0 Å². The number of rotatable bonds is 1. The third kappa shape index (κ3) is 1.78. The minimum Gasteiger partial charge on any atom is -0.502 e. The highest BCUT2D eigenvalue weighted by atomic mass is 19.1. The van der Waals surface area contributed by atoms with E-state index in [1.807, 2.05) is 0 Å². The molecule has 3 aromatic rings. The van der Waals surface area contributed by atoms with Crippen LogP contribution in [0, 0.1) is 5.82 Å². The average molecular weight is 256 g/mol. The van der Waals surface area contributed by atoms with Crippen LogP contribution < -0.4 is 5.43 Å². The predicted octanol–water partition coefficient (Wildman–Crippen LogP) is 3.30. The van der Waals surface area contributed by atoms with Crippen LogP contribution in [0.3, 0.4) is 0 Å². The smallest absolute Gasteiger partial charge is 0.235 e. The zero-order valence-electron chi connectivity index (χ0n) is 9.76. The lowest BCUT2D eigenvalue weighted by molar-refractivity contribution is 0.447. The van der Waals surface area contributed by atoms with Crippen LogP contribution in [-0.4, -0.2) is 5.11 Å². The number of halogens is 1. The topological polar surface area (TPSA) is 50.4 Å². The Morgan fingerprint density at radius 3 is 2.47 bits per heavy atom. The summed E-state index contributed by atoms with van der Waals surface area (Å²) in [4.78, 5) is 12.0. The Kier molecular flexibility index (Phi) is 2.56. The molecule has 0 atom stereocenters. The van der Waals surface area contributed by atoms with Crippen LogP contribution in [0.5, 0.6) is 5.75 Å². The van der Waals surface area contributed by atoms with Gasteiger partial charge in [-0.25, -0.2) is 4.39 Å². The Hall–Kier alpha value is -2.62. The van der Waals surface area contributed by atoms with Crippen molar-refractivity contribution in [1.29, 1.82) is 0 Å². The predicted molar refractivity (Wildman–Crippen MR) is 69.5 cm³/mol. The molecule has 2 aromatic carbocycles. The summed E-state index contributed by atoms with van der Waals surface area (Å²) in [5.74, 6) is -1.29. The van der Waals surface area contributed by atoms with Crippen LogP contribution >= 0.6 is 0 Å². The fourth-order valence-electron chi connectivity index (χ4n) is 1.96. The molecule has 1 aromatic heterocycles. The molecule has 1 N–H and O–H groups in total. The van der Waals surface area contributed by atoms with Crippen LogP contribution in [0.1, 0.15) is 0 Å². The largest absolute Gasteiger partial charge is 0.502 e. The lowest BCUT2D eigenvalue weighted by Gasteiger charge is -2.06. The Morgan fingerprint density at radius 1 is 1.00 bits per heavy atom. The molecule has 0 aliphatic rings. The SMILES string of the molecule is O=c1c(O)c(-c2ccccc2F)oc2ccccc12. The highest BCUT2D eigenvalue weighted by Crippen LogP contribution is 2.31. The van der Waals surface area contributed by atoms with Gasteiger partial charge in [-0.05, 0) is 24.3 Å². The lowest BCUT2D eigenvalue weighted by Crippen LogP contribution is -2.02. The molecule has 0 saturated carbocycles. The van der Waals surface area contributed by atoms with E-state index in [0.29, 0.717) is 5.58 Å². The summed E-state index contributed by atoms with van der Waals surface area (Å²) in [6.07, 6.45) is 0. The van der Waals surface area contributed by atoms with E-state index >= 15 is 0 Å². The molecule has 4 heteroatoms. The molecule has 0 amide bonds. The van der Waals surface area contributed by atoms with Crippen molar-refractivity contribution in [2.75, 3.05) is 0 Å². The summed E-state index contributed by atoms with van der Waals surface area (Å²) < 4.78 is 19.2. The number of benzene rings is 2. The van der Waals surface area contributed by atoms with E-state index in [0.717, 1.165) is 0 Å². The molecule has 3 rings (SSSR count). The van der Waals surface area contributed by atoms with E-state index in [4.69, 9.17) is 4.42 Å². The second kappa shape index (κ2) is 4.24. The number of aromatic hydroxyl groups is 1. The Morgan fingerprint density at radius 2 is 1.68 bits per heavy atom. The van der Waals surface area contributed by atoms with Gasteiger partial charge in [-0.1, -0.05) is 24.3 Å². The molecule has 0 unspecified atom stereocenters.